The Morgan fingerprint density at radius 2 is 1.86 bits per heavy atom. The molecule has 6 heteroatoms. The van der Waals surface area contributed by atoms with E-state index in [1.54, 1.807) is 17.0 Å². The Labute approximate surface area is 166 Å². The first kappa shape index (κ1) is 18.4. The second-order valence-electron chi connectivity index (χ2n) is 6.58. The standard InChI is InChI=1S/C22H20FN3OS/c1-3-25(18-11-9-17(23)10-12-18)21(27)20-13-19-15(2)24-26(22(19)28-20)14-16-7-5-4-6-8-16/h4-13H,3,14H2,1-2H3. The van der Waals surface area contributed by atoms with E-state index in [0.29, 0.717) is 23.7 Å². The minimum atomic E-state index is -0.314. The summed E-state index contributed by atoms with van der Waals surface area (Å²) in [6, 6.07) is 18.1. The molecule has 2 aromatic heterocycles. The predicted octanol–water partition coefficient (Wildman–Crippen LogP) is 5.26. The zero-order valence-corrected chi connectivity index (χ0v) is 16.5. The average molecular weight is 393 g/mol. The first-order valence-electron chi connectivity index (χ1n) is 9.15. The Morgan fingerprint density at radius 3 is 2.54 bits per heavy atom. The minimum absolute atomic E-state index is 0.0824. The summed E-state index contributed by atoms with van der Waals surface area (Å²) in [5, 5.41) is 5.64. The third-order valence-corrected chi connectivity index (χ3v) is 5.83. The molecule has 2 aromatic carbocycles. The van der Waals surface area contributed by atoms with Gasteiger partial charge in [0.15, 0.2) is 0 Å². The molecule has 28 heavy (non-hydrogen) atoms. The summed E-state index contributed by atoms with van der Waals surface area (Å²) in [7, 11) is 0. The fourth-order valence-electron chi connectivity index (χ4n) is 3.28. The van der Waals surface area contributed by atoms with Gasteiger partial charge in [-0.3, -0.25) is 9.48 Å². The monoisotopic (exact) mass is 393 g/mol. The molecule has 4 rings (SSSR count). The van der Waals surface area contributed by atoms with Gasteiger partial charge < -0.3 is 4.90 Å². The molecular formula is C22H20FN3OS. The quantitative estimate of drug-likeness (QED) is 0.464. The molecule has 0 bridgehead atoms. The van der Waals surface area contributed by atoms with Crippen molar-refractivity contribution in [1.82, 2.24) is 9.78 Å². The van der Waals surface area contributed by atoms with Crippen LogP contribution in [0.25, 0.3) is 10.2 Å². The number of carbonyl (C=O) groups is 1. The highest BCUT2D eigenvalue weighted by Gasteiger charge is 2.21. The molecule has 0 saturated carbocycles. The molecule has 142 valence electrons. The number of fused-ring (bicyclic) bond motifs is 1. The summed E-state index contributed by atoms with van der Waals surface area (Å²) in [4.78, 5) is 16.4. The number of halogens is 1. The van der Waals surface area contributed by atoms with Crippen molar-refractivity contribution in [2.45, 2.75) is 20.4 Å². The van der Waals surface area contributed by atoms with Gasteiger partial charge in [0, 0.05) is 17.6 Å². The van der Waals surface area contributed by atoms with E-state index < -0.39 is 0 Å². The highest BCUT2D eigenvalue weighted by molar-refractivity contribution is 7.20. The van der Waals surface area contributed by atoms with Gasteiger partial charge >= 0.3 is 0 Å². The van der Waals surface area contributed by atoms with Crippen LogP contribution in [-0.2, 0) is 6.54 Å². The number of benzene rings is 2. The van der Waals surface area contributed by atoms with E-state index in [0.717, 1.165) is 21.5 Å². The lowest BCUT2D eigenvalue weighted by molar-refractivity contribution is 0.0992. The largest absolute Gasteiger partial charge is 0.308 e. The molecule has 0 aliphatic carbocycles. The number of anilines is 1. The third kappa shape index (κ3) is 3.43. The molecule has 1 amide bonds. The number of thiophene rings is 1. The predicted molar refractivity (Wildman–Crippen MR) is 112 cm³/mol. The molecule has 0 aliphatic heterocycles. The van der Waals surface area contributed by atoms with Gasteiger partial charge in [0.1, 0.15) is 10.6 Å². The molecule has 4 nitrogen and oxygen atoms in total. The van der Waals surface area contributed by atoms with Crippen molar-refractivity contribution in [3.05, 3.63) is 82.6 Å². The second-order valence-corrected chi connectivity index (χ2v) is 7.61. The van der Waals surface area contributed by atoms with Crippen LogP contribution in [0.15, 0.2) is 60.7 Å². The van der Waals surface area contributed by atoms with Crippen molar-refractivity contribution < 1.29 is 9.18 Å². The molecule has 0 saturated heterocycles. The van der Waals surface area contributed by atoms with Gasteiger partial charge in [0.25, 0.3) is 5.91 Å². The van der Waals surface area contributed by atoms with Gasteiger partial charge in [-0.15, -0.1) is 11.3 Å². The Morgan fingerprint density at radius 1 is 1.14 bits per heavy atom. The van der Waals surface area contributed by atoms with E-state index in [1.807, 2.05) is 42.8 Å². The van der Waals surface area contributed by atoms with Crippen LogP contribution in [0.4, 0.5) is 10.1 Å². The summed E-state index contributed by atoms with van der Waals surface area (Å²) in [5.41, 5.74) is 2.76. The summed E-state index contributed by atoms with van der Waals surface area (Å²) < 4.78 is 15.2. The topological polar surface area (TPSA) is 38.1 Å². The van der Waals surface area contributed by atoms with E-state index in [9.17, 15) is 9.18 Å². The summed E-state index contributed by atoms with van der Waals surface area (Å²) in [6.45, 7) is 5.04. The molecule has 0 fully saturated rings. The van der Waals surface area contributed by atoms with Gasteiger partial charge in [0.2, 0.25) is 0 Å². The number of amides is 1. The molecule has 0 aliphatic rings. The lowest BCUT2D eigenvalue weighted by Gasteiger charge is -2.20. The molecule has 0 radical (unpaired) electrons. The molecule has 0 spiro atoms. The van der Waals surface area contributed by atoms with Crippen molar-refractivity contribution in [3.8, 4) is 0 Å². The highest BCUT2D eigenvalue weighted by atomic mass is 32.1. The van der Waals surface area contributed by atoms with Crippen molar-refractivity contribution in [3.63, 3.8) is 0 Å². The fourth-order valence-corrected chi connectivity index (χ4v) is 4.39. The van der Waals surface area contributed by atoms with Crippen molar-refractivity contribution in [1.29, 1.82) is 0 Å². The van der Waals surface area contributed by atoms with E-state index in [2.05, 4.69) is 17.2 Å². The van der Waals surface area contributed by atoms with E-state index in [4.69, 9.17) is 0 Å². The van der Waals surface area contributed by atoms with Crippen LogP contribution in [0.3, 0.4) is 0 Å². The Hall–Kier alpha value is -2.99. The molecule has 4 aromatic rings. The van der Waals surface area contributed by atoms with Crippen LogP contribution in [-0.4, -0.2) is 22.2 Å². The number of carbonyl (C=O) groups excluding carboxylic acids is 1. The normalized spacial score (nSPS) is 11.1. The Kier molecular flexibility index (Phi) is 4.96. The van der Waals surface area contributed by atoms with Crippen molar-refractivity contribution in [2.24, 2.45) is 0 Å². The molecule has 0 atom stereocenters. The number of hydrogen-bond donors (Lipinski definition) is 0. The molecule has 0 unspecified atom stereocenters. The van der Waals surface area contributed by atoms with Crippen LogP contribution >= 0.6 is 11.3 Å². The van der Waals surface area contributed by atoms with E-state index in [1.165, 1.54) is 23.5 Å². The Balaban J connectivity index is 1.68. The van der Waals surface area contributed by atoms with Crippen molar-refractivity contribution >= 4 is 33.1 Å². The van der Waals surface area contributed by atoms with Gasteiger partial charge in [-0.25, -0.2) is 4.39 Å². The lowest BCUT2D eigenvalue weighted by atomic mass is 10.2. The fraction of sp³-hybridized carbons (Fsp3) is 0.182. The van der Waals surface area contributed by atoms with Crippen LogP contribution in [0.2, 0.25) is 0 Å². The first-order valence-corrected chi connectivity index (χ1v) is 9.96. The maximum absolute atomic E-state index is 13.2. The summed E-state index contributed by atoms with van der Waals surface area (Å²) >= 11 is 1.45. The van der Waals surface area contributed by atoms with Crippen LogP contribution in [0.1, 0.15) is 27.9 Å². The SMILES string of the molecule is CCN(C(=O)c1cc2c(C)nn(Cc3ccccc3)c2s1)c1ccc(F)cc1. The maximum atomic E-state index is 13.2. The number of rotatable bonds is 5. The summed E-state index contributed by atoms with van der Waals surface area (Å²) in [6.07, 6.45) is 0. The molecular weight excluding hydrogens is 373 g/mol. The maximum Gasteiger partial charge on any atom is 0.268 e. The van der Waals surface area contributed by atoms with Gasteiger partial charge in [0.05, 0.1) is 17.1 Å². The lowest BCUT2D eigenvalue weighted by Crippen LogP contribution is -2.29. The zero-order chi connectivity index (χ0) is 19.7. The van der Waals surface area contributed by atoms with Crippen LogP contribution < -0.4 is 4.90 Å². The van der Waals surface area contributed by atoms with Gasteiger partial charge in [-0.2, -0.15) is 5.10 Å². The second kappa shape index (κ2) is 7.56. The van der Waals surface area contributed by atoms with Crippen molar-refractivity contribution in [2.75, 3.05) is 11.4 Å². The molecule has 0 N–H and O–H groups in total. The smallest absolute Gasteiger partial charge is 0.268 e. The van der Waals surface area contributed by atoms with Gasteiger partial charge in [-0.05, 0) is 49.7 Å². The van der Waals surface area contributed by atoms with Gasteiger partial charge in [-0.1, -0.05) is 30.3 Å². The van der Waals surface area contributed by atoms with Crippen LogP contribution in [0, 0.1) is 12.7 Å². The zero-order valence-electron chi connectivity index (χ0n) is 15.7. The highest BCUT2D eigenvalue weighted by Crippen LogP contribution is 2.30. The molecule has 2 heterocycles. The number of aromatic nitrogens is 2. The average Bonchev–Trinajstić information content (AvgIpc) is 3.26. The minimum Gasteiger partial charge on any atom is -0.308 e. The summed E-state index contributed by atoms with van der Waals surface area (Å²) in [5.74, 6) is -0.397. The van der Waals surface area contributed by atoms with E-state index >= 15 is 0 Å². The van der Waals surface area contributed by atoms with E-state index in [-0.39, 0.29) is 11.7 Å². The first-order chi connectivity index (χ1) is 13.6. The third-order valence-electron chi connectivity index (χ3n) is 4.69. The number of hydrogen-bond acceptors (Lipinski definition) is 3. The number of aryl methyl sites for hydroxylation is 1. The van der Waals surface area contributed by atoms with Crippen LogP contribution in [0.5, 0.6) is 0 Å². The Bertz CT molecular complexity index is 1120. The number of nitrogens with zero attached hydrogens (tertiary/aromatic N) is 3.